The normalized spacial score (nSPS) is 11.9. The minimum absolute atomic E-state index is 0.338. The highest BCUT2D eigenvalue weighted by Gasteiger charge is 2.16. The zero-order chi connectivity index (χ0) is 12.3. The van der Waals surface area contributed by atoms with Gasteiger partial charge in [-0.3, -0.25) is 0 Å². The van der Waals surface area contributed by atoms with Crippen LogP contribution in [0, 0.1) is 0 Å². The van der Waals surface area contributed by atoms with Crippen molar-refractivity contribution in [2.24, 2.45) is 5.73 Å². The number of benzene rings is 1. The van der Waals surface area contributed by atoms with E-state index in [1.807, 2.05) is 34.0 Å². The molecule has 0 aliphatic carbocycles. The summed E-state index contributed by atoms with van der Waals surface area (Å²) in [4.78, 5) is 2.13. The lowest BCUT2D eigenvalue weighted by Crippen LogP contribution is -2.29. The Morgan fingerprint density at radius 3 is 2.31 bits per heavy atom. The molecule has 0 aromatic heterocycles. The summed E-state index contributed by atoms with van der Waals surface area (Å²) < 4.78 is 5.30. The summed E-state index contributed by atoms with van der Waals surface area (Å²) in [7, 11) is 5.78. The average Bonchev–Trinajstić information content (AvgIpc) is 2.14. The van der Waals surface area contributed by atoms with Crippen LogP contribution in [0.2, 0.25) is 0 Å². The molecule has 0 heterocycles. The Morgan fingerprint density at radius 2 is 1.88 bits per heavy atom. The highest BCUT2D eigenvalue weighted by atomic mass is 16.5. The molecule has 0 unspecified atom stereocenters. The first-order valence-corrected chi connectivity index (χ1v) is 5.45. The van der Waals surface area contributed by atoms with Gasteiger partial charge in [0, 0.05) is 12.1 Å². The molecule has 0 saturated heterocycles. The molecule has 0 fully saturated rings. The molecule has 0 aliphatic rings. The van der Waals surface area contributed by atoms with Gasteiger partial charge in [0.05, 0.1) is 7.11 Å². The maximum Gasteiger partial charge on any atom is 0.119 e. The SMILES string of the molecule is COc1cc(CN(C)C)cc(C(C)(C)N)c1. The van der Waals surface area contributed by atoms with Crippen molar-refractivity contribution in [1.82, 2.24) is 4.90 Å². The van der Waals surface area contributed by atoms with Crippen molar-refractivity contribution in [1.29, 1.82) is 0 Å². The Morgan fingerprint density at radius 1 is 1.25 bits per heavy atom. The topological polar surface area (TPSA) is 38.5 Å². The van der Waals surface area contributed by atoms with Gasteiger partial charge in [0.2, 0.25) is 0 Å². The van der Waals surface area contributed by atoms with Crippen molar-refractivity contribution in [3.05, 3.63) is 29.3 Å². The van der Waals surface area contributed by atoms with Crippen LogP contribution in [0.5, 0.6) is 5.75 Å². The molecule has 1 aromatic rings. The molecular formula is C13H22N2O. The maximum atomic E-state index is 6.11. The van der Waals surface area contributed by atoms with E-state index in [4.69, 9.17) is 10.5 Å². The highest BCUT2D eigenvalue weighted by Crippen LogP contribution is 2.24. The quantitative estimate of drug-likeness (QED) is 0.846. The van der Waals surface area contributed by atoms with Crippen molar-refractivity contribution in [2.45, 2.75) is 25.9 Å². The number of hydrogen-bond acceptors (Lipinski definition) is 3. The maximum absolute atomic E-state index is 6.11. The van der Waals surface area contributed by atoms with Crippen molar-refractivity contribution in [3.8, 4) is 5.75 Å². The van der Waals surface area contributed by atoms with E-state index in [1.54, 1.807) is 7.11 Å². The molecule has 0 bridgehead atoms. The van der Waals surface area contributed by atoms with E-state index in [2.05, 4.69) is 17.0 Å². The molecule has 1 rings (SSSR count). The molecule has 0 spiro atoms. The fraction of sp³-hybridized carbons (Fsp3) is 0.538. The number of hydrogen-bond donors (Lipinski definition) is 1. The minimum atomic E-state index is -0.338. The first-order valence-electron chi connectivity index (χ1n) is 5.45. The molecule has 16 heavy (non-hydrogen) atoms. The number of ether oxygens (including phenoxy) is 1. The van der Waals surface area contributed by atoms with Crippen LogP contribution in [0.15, 0.2) is 18.2 Å². The molecule has 0 amide bonds. The Bertz CT molecular complexity index is 353. The predicted molar refractivity (Wildman–Crippen MR) is 67.6 cm³/mol. The third-order valence-corrected chi connectivity index (χ3v) is 2.44. The van der Waals surface area contributed by atoms with Crippen LogP contribution in [-0.4, -0.2) is 26.1 Å². The van der Waals surface area contributed by atoms with E-state index in [0.717, 1.165) is 17.9 Å². The fourth-order valence-corrected chi connectivity index (χ4v) is 1.61. The fourth-order valence-electron chi connectivity index (χ4n) is 1.61. The van der Waals surface area contributed by atoms with Gasteiger partial charge in [-0.05, 0) is 51.2 Å². The molecule has 3 heteroatoms. The summed E-state index contributed by atoms with van der Waals surface area (Å²) in [5.41, 5.74) is 8.09. The van der Waals surface area contributed by atoms with E-state index >= 15 is 0 Å². The van der Waals surface area contributed by atoms with Crippen LogP contribution in [0.4, 0.5) is 0 Å². The van der Waals surface area contributed by atoms with Gasteiger partial charge >= 0.3 is 0 Å². The minimum Gasteiger partial charge on any atom is -0.497 e. The van der Waals surface area contributed by atoms with Crippen LogP contribution in [0.3, 0.4) is 0 Å². The Kier molecular flexibility index (Phi) is 3.94. The van der Waals surface area contributed by atoms with Crippen LogP contribution in [0.25, 0.3) is 0 Å². The third-order valence-electron chi connectivity index (χ3n) is 2.44. The van der Waals surface area contributed by atoms with Gasteiger partial charge in [-0.2, -0.15) is 0 Å². The largest absolute Gasteiger partial charge is 0.497 e. The first-order chi connectivity index (χ1) is 7.32. The Hall–Kier alpha value is -1.06. The summed E-state index contributed by atoms with van der Waals surface area (Å²) in [6.45, 7) is 4.89. The number of rotatable bonds is 4. The number of nitrogens with zero attached hydrogens (tertiary/aromatic N) is 1. The van der Waals surface area contributed by atoms with Crippen molar-refractivity contribution >= 4 is 0 Å². The average molecular weight is 222 g/mol. The second kappa shape index (κ2) is 4.85. The second-order valence-electron chi connectivity index (χ2n) is 5.03. The molecule has 0 aliphatic heterocycles. The van der Waals surface area contributed by atoms with E-state index in [0.29, 0.717) is 0 Å². The third kappa shape index (κ3) is 3.51. The summed E-state index contributed by atoms with van der Waals surface area (Å²) in [6.07, 6.45) is 0. The van der Waals surface area contributed by atoms with E-state index in [9.17, 15) is 0 Å². The summed E-state index contributed by atoms with van der Waals surface area (Å²) in [5.74, 6) is 0.868. The van der Waals surface area contributed by atoms with Crippen LogP contribution >= 0.6 is 0 Å². The van der Waals surface area contributed by atoms with Crippen molar-refractivity contribution in [2.75, 3.05) is 21.2 Å². The molecule has 0 saturated carbocycles. The van der Waals surface area contributed by atoms with Crippen molar-refractivity contribution in [3.63, 3.8) is 0 Å². The lowest BCUT2D eigenvalue weighted by atomic mass is 9.93. The lowest BCUT2D eigenvalue weighted by molar-refractivity contribution is 0.393. The molecule has 1 aromatic carbocycles. The lowest BCUT2D eigenvalue weighted by Gasteiger charge is -2.22. The predicted octanol–water partition coefficient (Wildman–Crippen LogP) is 1.95. The van der Waals surface area contributed by atoms with Gasteiger partial charge in [-0.25, -0.2) is 0 Å². The van der Waals surface area contributed by atoms with Crippen molar-refractivity contribution < 1.29 is 4.74 Å². The molecule has 2 N–H and O–H groups in total. The molecular weight excluding hydrogens is 200 g/mol. The van der Waals surface area contributed by atoms with E-state index in [1.165, 1.54) is 5.56 Å². The zero-order valence-corrected chi connectivity index (χ0v) is 10.9. The molecule has 3 nitrogen and oxygen atoms in total. The monoisotopic (exact) mass is 222 g/mol. The van der Waals surface area contributed by atoms with Gasteiger partial charge < -0.3 is 15.4 Å². The molecule has 90 valence electrons. The molecule has 0 atom stereocenters. The van der Waals surface area contributed by atoms with Gasteiger partial charge in [0.25, 0.3) is 0 Å². The summed E-state index contributed by atoms with van der Waals surface area (Å²) >= 11 is 0. The van der Waals surface area contributed by atoms with Gasteiger partial charge in [0.15, 0.2) is 0 Å². The van der Waals surface area contributed by atoms with Crippen LogP contribution in [0.1, 0.15) is 25.0 Å². The van der Waals surface area contributed by atoms with Crippen LogP contribution in [-0.2, 0) is 12.1 Å². The summed E-state index contributed by atoms with van der Waals surface area (Å²) in [6, 6.07) is 6.19. The first kappa shape index (κ1) is 13.0. The second-order valence-corrected chi connectivity index (χ2v) is 5.03. The Balaban J connectivity index is 3.11. The van der Waals surface area contributed by atoms with E-state index < -0.39 is 0 Å². The van der Waals surface area contributed by atoms with E-state index in [-0.39, 0.29) is 5.54 Å². The molecule has 0 radical (unpaired) electrons. The standard InChI is InChI=1S/C13H22N2O/c1-13(2,14)11-6-10(9-15(3)4)7-12(8-11)16-5/h6-8H,9,14H2,1-5H3. The zero-order valence-electron chi connectivity index (χ0n) is 10.9. The smallest absolute Gasteiger partial charge is 0.119 e. The number of nitrogens with two attached hydrogens (primary N) is 1. The highest BCUT2D eigenvalue weighted by molar-refractivity contribution is 5.37. The summed E-state index contributed by atoms with van der Waals surface area (Å²) in [5, 5.41) is 0. The van der Waals surface area contributed by atoms with Crippen LogP contribution < -0.4 is 10.5 Å². The van der Waals surface area contributed by atoms with Gasteiger partial charge in [0.1, 0.15) is 5.75 Å². The van der Waals surface area contributed by atoms with Gasteiger partial charge in [-0.15, -0.1) is 0 Å². The Labute approximate surface area is 98.2 Å². The van der Waals surface area contributed by atoms with Gasteiger partial charge in [-0.1, -0.05) is 6.07 Å². The number of methoxy groups -OCH3 is 1.